The van der Waals surface area contributed by atoms with Gasteiger partial charge in [-0.15, -0.1) is 6.58 Å². The highest BCUT2D eigenvalue weighted by Crippen LogP contribution is 2.47. The van der Waals surface area contributed by atoms with Crippen LogP contribution in [0.3, 0.4) is 0 Å². The fourth-order valence-electron chi connectivity index (χ4n) is 10.4. The highest BCUT2D eigenvalue weighted by molar-refractivity contribution is 7.91. The lowest BCUT2D eigenvalue weighted by atomic mass is 9.83. The minimum Gasteiger partial charge on any atom is -0.492 e. The average Bonchev–Trinajstić information content (AvgIpc) is 4.23. The highest BCUT2D eigenvalue weighted by Gasteiger charge is 2.63. The number of nitrogens with one attached hydrogen (secondary N) is 3. The maximum atomic E-state index is 15.1. The SMILES string of the molecule is C=C[C@@H]1C[C@]1(NC(=O)[C@@H]1C[C@@H]2CN1C(=O)[C@H](C1CCCCC1)NC(=O)O[C@@H]1CC1CCCCCc1c(nc3ccccc3c1OCCCN1CC(F)C1)O2)C(=O)NS(=O)(=O)C1(C)CC1. The predicted molar refractivity (Wildman–Crippen MR) is 236 cm³/mol. The lowest BCUT2D eigenvalue weighted by molar-refractivity contribution is -0.142. The Labute approximate surface area is 375 Å². The van der Waals surface area contributed by atoms with E-state index in [1.807, 2.05) is 24.3 Å². The molecule has 0 radical (unpaired) electrons. The van der Waals surface area contributed by atoms with Crippen LogP contribution in [-0.4, -0.2) is 121 Å². The number of rotatable bonds is 12. The number of alkyl halides is 1. The first-order valence-electron chi connectivity index (χ1n) is 23.6. The summed E-state index contributed by atoms with van der Waals surface area (Å²) in [5.41, 5.74) is -0.120. The second-order valence-electron chi connectivity index (χ2n) is 19.7. The van der Waals surface area contributed by atoms with Crippen molar-refractivity contribution in [2.24, 2.45) is 17.8 Å². The van der Waals surface area contributed by atoms with Gasteiger partial charge in [-0.2, -0.15) is 0 Å². The van der Waals surface area contributed by atoms with Crippen molar-refractivity contribution >= 4 is 44.7 Å². The van der Waals surface area contributed by atoms with E-state index in [1.165, 1.54) is 11.0 Å². The number of benzene rings is 1. The van der Waals surface area contributed by atoms with Crippen molar-refractivity contribution in [2.45, 2.75) is 150 Å². The standard InChI is InChI=1S/C47H63FN6O9S/c1-3-31-25-47(31,44(57)52-64(59,60)46(2)19-20-46)51-41(55)37-24-33-28-54(37)43(56)39(29-13-6-4-7-14-29)50-45(58)63-38-23-30(38)15-8-5-9-17-35-40(61-22-12-21-53-26-32(48)27-53)34-16-10-11-18-36(34)49-42(35)62-33/h3,10-11,16,18,29-33,37-39H,1,4-9,12-15,17,19-28H2,2H3,(H,50,58)(H,51,55)(H,52,57)/t30?,31-,33-,37+,38-,39+,47-/m1/s1. The van der Waals surface area contributed by atoms with Gasteiger partial charge in [-0.1, -0.05) is 50.3 Å². The monoisotopic (exact) mass is 906 g/mol. The van der Waals surface area contributed by atoms with E-state index < -0.39 is 74.4 Å². The molecular formula is C47H63FN6O9S. The summed E-state index contributed by atoms with van der Waals surface area (Å²) in [5.74, 6) is -1.37. The number of hydrogen-bond acceptors (Lipinski definition) is 11. The van der Waals surface area contributed by atoms with Crippen LogP contribution < -0.4 is 24.8 Å². The van der Waals surface area contributed by atoms with Gasteiger partial charge in [0.25, 0.3) is 5.91 Å². The number of carbonyl (C=O) groups is 4. The molecule has 4 heterocycles. The smallest absolute Gasteiger partial charge is 0.408 e. The molecule has 4 aliphatic carbocycles. The Morgan fingerprint density at radius 1 is 1.02 bits per heavy atom. The van der Waals surface area contributed by atoms with Gasteiger partial charge in [0.2, 0.25) is 27.7 Å². The van der Waals surface area contributed by atoms with Crippen molar-refractivity contribution in [1.29, 1.82) is 0 Å². The molecule has 1 aromatic heterocycles. The predicted octanol–water partition coefficient (Wildman–Crippen LogP) is 5.25. The van der Waals surface area contributed by atoms with Crippen molar-refractivity contribution in [2.75, 3.05) is 32.8 Å². The summed E-state index contributed by atoms with van der Waals surface area (Å²) in [6.07, 6.45) is 10.0. The molecule has 4 amide bonds. The fourth-order valence-corrected chi connectivity index (χ4v) is 11.7. The van der Waals surface area contributed by atoms with Gasteiger partial charge in [0.05, 0.1) is 29.0 Å². The number of carbonyl (C=O) groups excluding carboxylic acids is 4. The zero-order valence-electron chi connectivity index (χ0n) is 36.9. The van der Waals surface area contributed by atoms with Crippen molar-refractivity contribution < 1.29 is 46.2 Å². The topological polar surface area (TPSA) is 186 Å². The van der Waals surface area contributed by atoms with Crippen LogP contribution in [0.2, 0.25) is 0 Å². The van der Waals surface area contributed by atoms with Crippen molar-refractivity contribution in [3.05, 3.63) is 42.5 Å². The normalized spacial score (nSPS) is 31.1. The number of aromatic nitrogens is 1. The minimum absolute atomic E-state index is 0.0199. The molecule has 9 rings (SSSR count). The molecule has 0 spiro atoms. The summed E-state index contributed by atoms with van der Waals surface area (Å²) in [5, 5.41) is 6.68. The molecule has 2 aromatic rings. The van der Waals surface area contributed by atoms with Crippen LogP contribution in [0.15, 0.2) is 36.9 Å². The van der Waals surface area contributed by atoms with Gasteiger partial charge in [-0.3, -0.25) is 24.0 Å². The Balaban J connectivity index is 1.04. The number of hydrogen-bond donors (Lipinski definition) is 3. The zero-order valence-corrected chi connectivity index (χ0v) is 37.7. The summed E-state index contributed by atoms with van der Waals surface area (Å²) in [6.45, 7) is 7.41. The third kappa shape index (κ3) is 9.29. The molecule has 15 nitrogen and oxygen atoms in total. The van der Waals surface area contributed by atoms with Gasteiger partial charge >= 0.3 is 6.09 Å². The first-order chi connectivity index (χ1) is 30.8. The second-order valence-corrected chi connectivity index (χ2v) is 21.9. The molecule has 17 heteroatoms. The minimum atomic E-state index is -4.02. The summed E-state index contributed by atoms with van der Waals surface area (Å²) >= 11 is 0. The molecule has 3 aliphatic heterocycles. The van der Waals surface area contributed by atoms with Gasteiger partial charge in [-0.05, 0) is 95.1 Å². The number of nitrogens with zero attached hydrogens (tertiary/aromatic N) is 3. The van der Waals surface area contributed by atoms with E-state index >= 15 is 4.79 Å². The first kappa shape index (κ1) is 44.7. The molecular weight excluding hydrogens is 844 g/mol. The Morgan fingerprint density at radius 2 is 1.75 bits per heavy atom. The van der Waals surface area contributed by atoms with Crippen LogP contribution in [0, 0.1) is 17.8 Å². The fraction of sp³-hybridized carbons (Fsp3) is 0.681. The van der Waals surface area contributed by atoms with E-state index in [0.29, 0.717) is 75.4 Å². The van der Waals surface area contributed by atoms with Crippen LogP contribution in [0.4, 0.5) is 9.18 Å². The van der Waals surface area contributed by atoms with E-state index in [-0.39, 0.29) is 37.3 Å². The molecule has 1 unspecified atom stereocenters. The van der Waals surface area contributed by atoms with E-state index in [0.717, 1.165) is 68.9 Å². The van der Waals surface area contributed by atoms with E-state index in [1.54, 1.807) is 6.92 Å². The number of pyridine rings is 1. The van der Waals surface area contributed by atoms with Gasteiger partial charge in [0.1, 0.15) is 41.8 Å². The second kappa shape index (κ2) is 18.0. The Hall–Kier alpha value is -4.51. The molecule has 1 aromatic carbocycles. The van der Waals surface area contributed by atoms with Crippen molar-refractivity contribution in [1.82, 2.24) is 30.1 Å². The average molecular weight is 907 g/mol. The Bertz CT molecular complexity index is 2250. The number of ether oxygens (including phenoxy) is 3. The van der Waals surface area contributed by atoms with E-state index in [2.05, 4.69) is 26.8 Å². The molecule has 2 saturated heterocycles. The number of halogens is 1. The molecule has 2 bridgehead atoms. The summed E-state index contributed by atoms with van der Waals surface area (Å²) in [6, 6.07) is 5.60. The maximum absolute atomic E-state index is 15.1. The quantitative estimate of drug-likeness (QED) is 0.187. The third-order valence-corrected chi connectivity index (χ3v) is 17.1. The lowest BCUT2D eigenvalue weighted by Gasteiger charge is -2.34. The Kier molecular flexibility index (Phi) is 12.6. The van der Waals surface area contributed by atoms with Crippen LogP contribution in [-0.2, 0) is 35.6 Å². The van der Waals surface area contributed by atoms with E-state index in [4.69, 9.17) is 19.2 Å². The third-order valence-electron chi connectivity index (χ3n) is 15.0. The number of para-hydroxylation sites is 1. The molecule has 7 atom stereocenters. The highest BCUT2D eigenvalue weighted by atomic mass is 32.2. The summed E-state index contributed by atoms with van der Waals surface area (Å²) < 4.78 is 60.5. The molecule has 64 heavy (non-hydrogen) atoms. The summed E-state index contributed by atoms with van der Waals surface area (Å²) in [7, 11) is -4.02. The number of alkyl carbamates (subject to hydrolysis) is 1. The van der Waals surface area contributed by atoms with Crippen molar-refractivity contribution in [3.8, 4) is 11.6 Å². The number of amides is 4. The van der Waals surface area contributed by atoms with Crippen LogP contribution in [0.25, 0.3) is 10.9 Å². The van der Waals surface area contributed by atoms with Crippen LogP contribution in [0.5, 0.6) is 11.6 Å². The largest absolute Gasteiger partial charge is 0.492 e. The summed E-state index contributed by atoms with van der Waals surface area (Å²) in [4.78, 5) is 65.8. The van der Waals surface area contributed by atoms with Gasteiger partial charge in [0, 0.05) is 37.4 Å². The Morgan fingerprint density at radius 3 is 2.47 bits per heavy atom. The molecule has 3 N–H and O–H groups in total. The van der Waals surface area contributed by atoms with Crippen LogP contribution in [0.1, 0.15) is 109 Å². The van der Waals surface area contributed by atoms with Gasteiger partial charge in [0.15, 0.2) is 0 Å². The van der Waals surface area contributed by atoms with Crippen molar-refractivity contribution in [3.63, 3.8) is 0 Å². The molecule has 348 valence electrons. The zero-order chi connectivity index (χ0) is 44.8. The van der Waals surface area contributed by atoms with E-state index in [9.17, 15) is 27.2 Å². The molecule has 7 aliphatic rings. The number of sulfonamides is 1. The maximum Gasteiger partial charge on any atom is 0.408 e. The number of likely N-dealkylation sites (tertiary alicyclic amines) is 1. The van der Waals surface area contributed by atoms with Gasteiger partial charge < -0.3 is 29.7 Å². The molecule has 4 saturated carbocycles. The lowest BCUT2D eigenvalue weighted by Crippen LogP contribution is -2.59. The number of fused-ring (bicyclic) bond motifs is 5. The molecule has 6 fully saturated rings. The van der Waals surface area contributed by atoms with Crippen LogP contribution >= 0.6 is 0 Å². The van der Waals surface area contributed by atoms with Gasteiger partial charge in [-0.25, -0.2) is 22.6 Å². The first-order valence-corrected chi connectivity index (χ1v) is 25.1.